The van der Waals surface area contributed by atoms with Crippen molar-refractivity contribution in [1.82, 2.24) is 15.0 Å². The molecular weight excluding hydrogens is 250 g/mol. The maximum absolute atomic E-state index is 11.5. The second kappa shape index (κ2) is 5.09. The van der Waals surface area contributed by atoms with Crippen molar-refractivity contribution >= 4 is 22.5 Å². The second-order valence-electron chi connectivity index (χ2n) is 4.50. The van der Waals surface area contributed by atoms with Gasteiger partial charge in [0, 0.05) is 11.6 Å². The van der Waals surface area contributed by atoms with Crippen LogP contribution in [0.5, 0.6) is 0 Å². The molecule has 98 valence electrons. The van der Waals surface area contributed by atoms with Crippen molar-refractivity contribution in [1.29, 1.82) is 0 Å². The van der Waals surface area contributed by atoms with E-state index >= 15 is 0 Å². The Morgan fingerprint density at radius 3 is 2.50 bits per heavy atom. The summed E-state index contributed by atoms with van der Waals surface area (Å²) in [5.74, 6) is -0.0246. The fourth-order valence-electron chi connectivity index (χ4n) is 2.12. The summed E-state index contributed by atoms with van der Waals surface area (Å²) < 4.78 is 1.70. The van der Waals surface area contributed by atoms with E-state index in [-0.39, 0.29) is 5.78 Å². The van der Waals surface area contributed by atoms with Gasteiger partial charge in [0.25, 0.3) is 0 Å². The van der Waals surface area contributed by atoms with Crippen molar-refractivity contribution < 1.29 is 4.79 Å². The molecule has 20 heavy (non-hydrogen) atoms. The summed E-state index contributed by atoms with van der Waals surface area (Å²) in [6.07, 6.45) is 1.58. The van der Waals surface area contributed by atoms with Gasteiger partial charge in [0.15, 0.2) is 5.78 Å². The lowest BCUT2D eigenvalue weighted by Gasteiger charge is -2.08. The molecule has 0 atom stereocenters. The monoisotopic (exact) mass is 263 g/mol. The fraction of sp³-hybridized carbons (Fsp3) is 0.0625. The molecule has 1 heterocycles. The van der Waals surface area contributed by atoms with Crippen molar-refractivity contribution in [3.63, 3.8) is 0 Å². The molecule has 2 aromatic carbocycles. The van der Waals surface area contributed by atoms with E-state index in [4.69, 9.17) is 0 Å². The molecule has 1 aromatic heterocycles. The van der Waals surface area contributed by atoms with Gasteiger partial charge < -0.3 is 0 Å². The molecule has 0 spiro atoms. The first-order valence-corrected chi connectivity index (χ1v) is 6.34. The van der Waals surface area contributed by atoms with Crippen LogP contribution < -0.4 is 0 Å². The standard InChI is InChI=1S/C16H13N3O/c1-12(20)11-16(13-7-3-2-4-8-13)19-15-10-6-5-9-14(15)17-18-19/h2-11H,1H3. The minimum absolute atomic E-state index is 0.0246. The van der Waals surface area contributed by atoms with Gasteiger partial charge >= 0.3 is 0 Å². The molecular formula is C16H13N3O. The molecule has 0 bridgehead atoms. The van der Waals surface area contributed by atoms with Gasteiger partial charge in [0.1, 0.15) is 5.52 Å². The molecule has 0 aliphatic carbocycles. The van der Waals surface area contributed by atoms with E-state index in [1.165, 1.54) is 6.92 Å². The Hall–Kier alpha value is -2.75. The molecule has 0 N–H and O–H groups in total. The highest BCUT2D eigenvalue weighted by molar-refractivity contribution is 5.96. The number of ketones is 1. The lowest BCUT2D eigenvalue weighted by molar-refractivity contribution is -0.112. The number of aromatic nitrogens is 3. The number of hydrogen-bond acceptors (Lipinski definition) is 3. The average molecular weight is 263 g/mol. The Labute approximate surface area is 116 Å². The number of carbonyl (C=O) groups is 1. The van der Waals surface area contributed by atoms with Crippen molar-refractivity contribution in [3.8, 4) is 0 Å². The van der Waals surface area contributed by atoms with E-state index in [0.29, 0.717) is 0 Å². The predicted molar refractivity (Wildman–Crippen MR) is 78.0 cm³/mol. The van der Waals surface area contributed by atoms with Crippen LogP contribution in [0.25, 0.3) is 16.7 Å². The maximum atomic E-state index is 11.5. The molecule has 4 nitrogen and oxygen atoms in total. The van der Waals surface area contributed by atoms with Gasteiger partial charge in [-0.3, -0.25) is 4.79 Å². The number of carbonyl (C=O) groups excluding carboxylic acids is 1. The van der Waals surface area contributed by atoms with E-state index in [2.05, 4.69) is 10.3 Å². The highest BCUT2D eigenvalue weighted by Crippen LogP contribution is 2.21. The Bertz CT molecular complexity index is 788. The van der Waals surface area contributed by atoms with Gasteiger partial charge in [-0.15, -0.1) is 5.10 Å². The maximum Gasteiger partial charge on any atom is 0.154 e. The lowest BCUT2D eigenvalue weighted by atomic mass is 10.1. The molecule has 0 fully saturated rings. The lowest BCUT2D eigenvalue weighted by Crippen LogP contribution is -2.03. The molecule has 3 rings (SSSR count). The van der Waals surface area contributed by atoms with Crippen LogP contribution in [0.15, 0.2) is 60.7 Å². The van der Waals surface area contributed by atoms with E-state index in [9.17, 15) is 4.79 Å². The number of benzene rings is 2. The summed E-state index contributed by atoms with van der Waals surface area (Å²) in [4.78, 5) is 11.5. The van der Waals surface area contributed by atoms with Crippen molar-refractivity contribution in [2.75, 3.05) is 0 Å². The van der Waals surface area contributed by atoms with Crippen molar-refractivity contribution in [2.24, 2.45) is 0 Å². The van der Waals surface area contributed by atoms with E-state index in [1.54, 1.807) is 10.8 Å². The third-order valence-corrected chi connectivity index (χ3v) is 2.99. The predicted octanol–water partition coefficient (Wildman–Crippen LogP) is 2.91. The summed E-state index contributed by atoms with van der Waals surface area (Å²) in [7, 11) is 0. The van der Waals surface area contributed by atoms with Crippen LogP contribution in [0, 0.1) is 0 Å². The zero-order valence-electron chi connectivity index (χ0n) is 11.0. The zero-order valence-corrected chi connectivity index (χ0v) is 11.0. The summed E-state index contributed by atoms with van der Waals surface area (Å²) in [5.41, 5.74) is 3.34. The first-order chi connectivity index (χ1) is 9.75. The highest BCUT2D eigenvalue weighted by atomic mass is 16.1. The number of allylic oxidation sites excluding steroid dienone is 1. The van der Waals surface area contributed by atoms with E-state index < -0.39 is 0 Å². The fourth-order valence-corrected chi connectivity index (χ4v) is 2.12. The second-order valence-corrected chi connectivity index (χ2v) is 4.50. The number of rotatable bonds is 3. The summed E-state index contributed by atoms with van der Waals surface area (Å²) in [6, 6.07) is 17.4. The summed E-state index contributed by atoms with van der Waals surface area (Å²) in [5, 5.41) is 8.30. The average Bonchev–Trinajstić information content (AvgIpc) is 2.89. The normalized spacial score (nSPS) is 11.8. The third kappa shape index (κ3) is 2.23. The third-order valence-electron chi connectivity index (χ3n) is 2.99. The molecule has 0 unspecified atom stereocenters. The van der Waals surface area contributed by atoms with Crippen LogP contribution in [-0.4, -0.2) is 20.8 Å². The first-order valence-electron chi connectivity index (χ1n) is 6.34. The Morgan fingerprint density at radius 1 is 1.05 bits per heavy atom. The molecule has 0 aliphatic rings. The molecule has 0 amide bonds. The molecule has 0 saturated heterocycles. The van der Waals surface area contributed by atoms with Crippen LogP contribution in [0.2, 0.25) is 0 Å². The van der Waals surface area contributed by atoms with Crippen LogP contribution in [0.4, 0.5) is 0 Å². The minimum Gasteiger partial charge on any atom is -0.295 e. The van der Waals surface area contributed by atoms with Gasteiger partial charge in [0.05, 0.1) is 11.2 Å². The minimum atomic E-state index is -0.0246. The largest absolute Gasteiger partial charge is 0.295 e. The van der Waals surface area contributed by atoms with Gasteiger partial charge in [-0.2, -0.15) is 0 Å². The molecule has 0 aliphatic heterocycles. The first kappa shape index (κ1) is 12.3. The van der Waals surface area contributed by atoms with Gasteiger partial charge in [-0.1, -0.05) is 47.7 Å². The summed E-state index contributed by atoms with van der Waals surface area (Å²) in [6.45, 7) is 1.53. The molecule has 0 saturated carbocycles. The van der Waals surface area contributed by atoms with Gasteiger partial charge in [-0.05, 0) is 19.1 Å². The Balaban J connectivity index is 2.23. The summed E-state index contributed by atoms with van der Waals surface area (Å²) >= 11 is 0. The number of para-hydroxylation sites is 1. The van der Waals surface area contributed by atoms with Gasteiger partial charge in [-0.25, -0.2) is 4.68 Å². The van der Waals surface area contributed by atoms with E-state index in [1.807, 2.05) is 54.6 Å². The Kier molecular flexibility index (Phi) is 3.13. The molecule has 4 heteroatoms. The molecule has 0 radical (unpaired) electrons. The van der Waals surface area contributed by atoms with Crippen LogP contribution in [0.3, 0.4) is 0 Å². The van der Waals surface area contributed by atoms with Crippen molar-refractivity contribution in [3.05, 3.63) is 66.2 Å². The topological polar surface area (TPSA) is 47.8 Å². The van der Waals surface area contributed by atoms with Gasteiger partial charge in [0.2, 0.25) is 0 Å². The SMILES string of the molecule is CC(=O)C=C(c1ccccc1)n1nnc2ccccc21. The van der Waals surface area contributed by atoms with E-state index in [0.717, 1.165) is 22.3 Å². The number of fused-ring (bicyclic) bond motifs is 1. The van der Waals surface area contributed by atoms with Crippen LogP contribution in [-0.2, 0) is 4.79 Å². The zero-order chi connectivity index (χ0) is 13.9. The quantitative estimate of drug-likeness (QED) is 0.683. The van der Waals surface area contributed by atoms with Crippen molar-refractivity contribution in [2.45, 2.75) is 6.92 Å². The van der Waals surface area contributed by atoms with Crippen LogP contribution >= 0.6 is 0 Å². The smallest absolute Gasteiger partial charge is 0.154 e. The Morgan fingerprint density at radius 2 is 1.75 bits per heavy atom. The highest BCUT2D eigenvalue weighted by Gasteiger charge is 2.11. The number of hydrogen-bond donors (Lipinski definition) is 0. The molecule has 3 aromatic rings. The number of nitrogens with zero attached hydrogens (tertiary/aromatic N) is 3. The van der Waals surface area contributed by atoms with Crippen LogP contribution in [0.1, 0.15) is 12.5 Å².